The molecular weight excluding hydrogens is 256 g/mol. The quantitative estimate of drug-likeness (QED) is 0.778. The Morgan fingerprint density at radius 2 is 1.90 bits per heavy atom. The summed E-state index contributed by atoms with van der Waals surface area (Å²) in [5, 5.41) is 1.28. The number of fused-ring (bicyclic) bond motifs is 2. The van der Waals surface area contributed by atoms with E-state index in [1.807, 2.05) is 0 Å². The maximum atomic E-state index is 5.90. The van der Waals surface area contributed by atoms with Crippen molar-refractivity contribution in [3.8, 4) is 0 Å². The second-order valence-corrected chi connectivity index (χ2v) is 5.96. The number of aryl methyl sites for hydroxylation is 2. The lowest BCUT2D eigenvalue weighted by Gasteiger charge is -2.10. The molecule has 106 valence electrons. The number of rotatable bonds is 3. The van der Waals surface area contributed by atoms with Gasteiger partial charge in [-0.05, 0) is 53.0 Å². The second kappa shape index (κ2) is 5.05. The van der Waals surface area contributed by atoms with E-state index in [1.165, 1.54) is 41.3 Å². The molecule has 2 aromatic carbocycles. The van der Waals surface area contributed by atoms with Crippen molar-refractivity contribution in [2.75, 3.05) is 0 Å². The lowest BCUT2D eigenvalue weighted by atomic mass is 10.1. The predicted octanol–water partition coefficient (Wildman–Crippen LogP) is 3.64. The largest absolute Gasteiger partial charge is 0.343 e. The van der Waals surface area contributed by atoms with Crippen molar-refractivity contribution in [3.63, 3.8) is 0 Å². The van der Waals surface area contributed by atoms with Crippen LogP contribution in [0.1, 0.15) is 28.7 Å². The Morgan fingerprint density at radius 3 is 2.81 bits per heavy atom. The number of para-hydroxylation sites is 1. The van der Waals surface area contributed by atoms with Gasteiger partial charge in [0.25, 0.3) is 0 Å². The van der Waals surface area contributed by atoms with Gasteiger partial charge in [0, 0.05) is 19.3 Å². The van der Waals surface area contributed by atoms with Crippen LogP contribution in [0.25, 0.3) is 10.9 Å². The van der Waals surface area contributed by atoms with Gasteiger partial charge in [-0.2, -0.15) is 0 Å². The number of benzene rings is 2. The first-order chi connectivity index (χ1) is 10.3. The van der Waals surface area contributed by atoms with E-state index in [2.05, 4.69) is 53.2 Å². The van der Waals surface area contributed by atoms with Gasteiger partial charge in [-0.3, -0.25) is 0 Å². The van der Waals surface area contributed by atoms with E-state index in [0.29, 0.717) is 6.54 Å². The van der Waals surface area contributed by atoms with E-state index in [-0.39, 0.29) is 0 Å². The van der Waals surface area contributed by atoms with Crippen LogP contribution >= 0.6 is 0 Å². The molecule has 2 heteroatoms. The standard InChI is InChI=1S/C19H20N2/c20-12-18-6-2-4-16-9-10-21(19(16)18)13-14-7-8-15-3-1-5-17(15)11-14/h2,4,6-11H,1,3,5,12-13,20H2. The van der Waals surface area contributed by atoms with Crippen LogP contribution in [0.4, 0.5) is 0 Å². The summed E-state index contributed by atoms with van der Waals surface area (Å²) in [6, 6.07) is 15.5. The molecule has 1 aliphatic carbocycles. The monoisotopic (exact) mass is 276 g/mol. The van der Waals surface area contributed by atoms with Crippen molar-refractivity contribution < 1.29 is 0 Å². The van der Waals surface area contributed by atoms with Gasteiger partial charge >= 0.3 is 0 Å². The second-order valence-electron chi connectivity index (χ2n) is 5.96. The molecule has 4 rings (SSSR count). The van der Waals surface area contributed by atoms with Crippen molar-refractivity contribution >= 4 is 10.9 Å². The zero-order valence-corrected chi connectivity index (χ0v) is 12.2. The third kappa shape index (κ3) is 2.16. The van der Waals surface area contributed by atoms with Gasteiger partial charge in [-0.1, -0.05) is 36.4 Å². The Hall–Kier alpha value is -2.06. The molecule has 0 aliphatic heterocycles. The first-order valence-electron chi connectivity index (χ1n) is 7.72. The van der Waals surface area contributed by atoms with Crippen molar-refractivity contribution in [1.82, 2.24) is 4.57 Å². The molecular formula is C19H20N2. The number of nitrogens with zero attached hydrogens (tertiary/aromatic N) is 1. The third-order valence-electron chi connectivity index (χ3n) is 4.61. The molecule has 0 atom stereocenters. The predicted molar refractivity (Wildman–Crippen MR) is 87.4 cm³/mol. The number of hydrogen-bond donors (Lipinski definition) is 1. The van der Waals surface area contributed by atoms with E-state index >= 15 is 0 Å². The van der Waals surface area contributed by atoms with Gasteiger partial charge in [0.1, 0.15) is 0 Å². The van der Waals surface area contributed by atoms with Gasteiger partial charge < -0.3 is 10.3 Å². The fraction of sp³-hybridized carbons (Fsp3) is 0.263. The van der Waals surface area contributed by atoms with Gasteiger partial charge in [-0.15, -0.1) is 0 Å². The molecule has 1 aliphatic rings. The normalized spacial score (nSPS) is 13.8. The van der Waals surface area contributed by atoms with E-state index in [4.69, 9.17) is 5.73 Å². The summed E-state index contributed by atoms with van der Waals surface area (Å²) in [7, 11) is 0. The van der Waals surface area contributed by atoms with Gasteiger partial charge in [0.05, 0.1) is 5.52 Å². The van der Waals surface area contributed by atoms with Crippen molar-refractivity contribution in [2.45, 2.75) is 32.4 Å². The molecule has 0 fully saturated rings. The smallest absolute Gasteiger partial charge is 0.0528 e. The Morgan fingerprint density at radius 1 is 1.00 bits per heavy atom. The van der Waals surface area contributed by atoms with Crippen LogP contribution in [0.15, 0.2) is 48.7 Å². The highest BCUT2D eigenvalue weighted by molar-refractivity contribution is 5.83. The average Bonchev–Trinajstić information content (AvgIpc) is 3.13. The van der Waals surface area contributed by atoms with Crippen LogP contribution in [0.3, 0.4) is 0 Å². The van der Waals surface area contributed by atoms with Crippen molar-refractivity contribution in [2.24, 2.45) is 5.73 Å². The highest BCUT2D eigenvalue weighted by atomic mass is 15.0. The molecule has 0 saturated heterocycles. The van der Waals surface area contributed by atoms with Gasteiger partial charge in [-0.25, -0.2) is 0 Å². The lowest BCUT2D eigenvalue weighted by Crippen LogP contribution is -2.03. The minimum absolute atomic E-state index is 0.589. The summed E-state index contributed by atoms with van der Waals surface area (Å²) in [5.74, 6) is 0. The fourth-order valence-corrected chi connectivity index (χ4v) is 3.56. The molecule has 1 aromatic heterocycles. The molecule has 0 spiro atoms. The molecule has 0 unspecified atom stereocenters. The number of hydrogen-bond acceptors (Lipinski definition) is 1. The van der Waals surface area contributed by atoms with Gasteiger partial charge in [0.15, 0.2) is 0 Å². The topological polar surface area (TPSA) is 30.9 Å². The van der Waals surface area contributed by atoms with Crippen LogP contribution in [0, 0.1) is 0 Å². The van der Waals surface area contributed by atoms with E-state index in [9.17, 15) is 0 Å². The Bertz CT molecular complexity index is 798. The molecule has 0 radical (unpaired) electrons. The molecule has 0 saturated carbocycles. The van der Waals surface area contributed by atoms with Crippen LogP contribution < -0.4 is 5.73 Å². The van der Waals surface area contributed by atoms with Crippen LogP contribution in [-0.2, 0) is 25.9 Å². The average molecular weight is 276 g/mol. The lowest BCUT2D eigenvalue weighted by molar-refractivity contribution is 0.828. The molecule has 21 heavy (non-hydrogen) atoms. The first kappa shape index (κ1) is 12.7. The minimum Gasteiger partial charge on any atom is -0.343 e. The summed E-state index contributed by atoms with van der Waals surface area (Å²) in [5.41, 5.74) is 12.9. The third-order valence-corrected chi connectivity index (χ3v) is 4.61. The Labute approximate surface area is 125 Å². The fourth-order valence-electron chi connectivity index (χ4n) is 3.56. The molecule has 3 aromatic rings. The number of nitrogens with two attached hydrogens (primary N) is 1. The number of aromatic nitrogens is 1. The molecule has 0 bridgehead atoms. The summed E-state index contributed by atoms with van der Waals surface area (Å²) in [6.07, 6.45) is 5.97. The summed E-state index contributed by atoms with van der Waals surface area (Å²) in [4.78, 5) is 0. The van der Waals surface area contributed by atoms with Gasteiger partial charge in [0.2, 0.25) is 0 Å². The van der Waals surface area contributed by atoms with E-state index in [0.717, 1.165) is 6.54 Å². The maximum absolute atomic E-state index is 5.90. The summed E-state index contributed by atoms with van der Waals surface area (Å²) >= 11 is 0. The van der Waals surface area contributed by atoms with E-state index in [1.54, 1.807) is 11.1 Å². The first-order valence-corrected chi connectivity index (χ1v) is 7.72. The van der Waals surface area contributed by atoms with Crippen LogP contribution in [-0.4, -0.2) is 4.57 Å². The molecule has 2 N–H and O–H groups in total. The SMILES string of the molecule is NCc1cccc2ccn(Cc3ccc4c(c3)CCC4)c12. The van der Waals surface area contributed by atoms with Crippen LogP contribution in [0.5, 0.6) is 0 Å². The maximum Gasteiger partial charge on any atom is 0.0528 e. The van der Waals surface area contributed by atoms with Crippen molar-refractivity contribution in [1.29, 1.82) is 0 Å². The van der Waals surface area contributed by atoms with Crippen LogP contribution in [0.2, 0.25) is 0 Å². The Kier molecular flexibility index (Phi) is 3.04. The summed E-state index contributed by atoms with van der Waals surface area (Å²) < 4.78 is 2.33. The highest BCUT2D eigenvalue weighted by Crippen LogP contribution is 2.25. The zero-order chi connectivity index (χ0) is 14.2. The summed E-state index contributed by atoms with van der Waals surface area (Å²) in [6.45, 7) is 1.51. The zero-order valence-electron chi connectivity index (χ0n) is 12.2. The highest BCUT2D eigenvalue weighted by Gasteiger charge is 2.12. The molecule has 1 heterocycles. The Balaban J connectivity index is 1.74. The van der Waals surface area contributed by atoms with Crippen molar-refractivity contribution in [3.05, 3.63) is 70.9 Å². The molecule has 2 nitrogen and oxygen atoms in total. The molecule has 0 amide bonds. The van der Waals surface area contributed by atoms with E-state index < -0.39 is 0 Å². The minimum atomic E-state index is 0.589.